The maximum Gasteiger partial charge on any atom is 0.110 e. The maximum absolute atomic E-state index is 4.53. The Morgan fingerprint density at radius 2 is 1.72 bits per heavy atom. The third kappa shape index (κ3) is 3.18. The molecule has 0 bridgehead atoms. The van der Waals surface area contributed by atoms with E-state index in [0.717, 1.165) is 10.7 Å². The fourth-order valence-electron chi connectivity index (χ4n) is 1.97. The van der Waals surface area contributed by atoms with Crippen LogP contribution in [-0.2, 0) is 0 Å². The summed E-state index contributed by atoms with van der Waals surface area (Å²) in [6.45, 7) is 8.52. The van der Waals surface area contributed by atoms with Gasteiger partial charge < -0.3 is 5.32 Å². The Morgan fingerprint density at radius 3 is 2.28 bits per heavy atom. The Morgan fingerprint density at radius 1 is 1.06 bits per heavy atom. The van der Waals surface area contributed by atoms with Crippen LogP contribution in [-0.4, -0.2) is 4.98 Å². The van der Waals surface area contributed by atoms with Crippen LogP contribution in [0.3, 0.4) is 0 Å². The van der Waals surface area contributed by atoms with Gasteiger partial charge in [0.2, 0.25) is 0 Å². The van der Waals surface area contributed by atoms with E-state index in [1.165, 1.54) is 11.1 Å². The van der Waals surface area contributed by atoms with E-state index < -0.39 is 0 Å². The van der Waals surface area contributed by atoms with Gasteiger partial charge in [-0.2, -0.15) is 0 Å². The van der Waals surface area contributed by atoms with E-state index in [2.05, 4.69) is 60.7 Å². The molecule has 96 valence electrons. The van der Waals surface area contributed by atoms with Crippen molar-refractivity contribution in [1.29, 1.82) is 0 Å². The minimum absolute atomic E-state index is 0.292. The van der Waals surface area contributed by atoms with Gasteiger partial charge in [-0.15, -0.1) is 11.3 Å². The quantitative estimate of drug-likeness (QED) is 0.892. The normalized spacial score (nSPS) is 14.4. The lowest BCUT2D eigenvalue weighted by molar-refractivity contribution is 0.492. The monoisotopic (exact) mass is 260 g/mol. The molecule has 0 saturated carbocycles. The van der Waals surface area contributed by atoms with Crippen molar-refractivity contribution in [1.82, 2.24) is 10.3 Å². The number of nitrogens with zero attached hydrogens (tertiary/aromatic N) is 1. The average Bonchev–Trinajstić information content (AvgIpc) is 2.76. The Bertz CT molecular complexity index is 501. The first-order valence-corrected chi connectivity index (χ1v) is 7.19. The molecule has 0 spiro atoms. The molecule has 1 aromatic heterocycles. The van der Waals surface area contributed by atoms with Gasteiger partial charge in [0, 0.05) is 17.1 Å². The van der Waals surface area contributed by atoms with Gasteiger partial charge in [0.15, 0.2) is 0 Å². The molecule has 0 aliphatic heterocycles. The number of aromatic nitrogens is 1. The Balaban J connectivity index is 2.02. The van der Waals surface area contributed by atoms with Crippen LogP contribution < -0.4 is 5.32 Å². The van der Waals surface area contributed by atoms with Crippen molar-refractivity contribution in [2.45, 2.75) is 39.8 Å². The summed E-state index contributed by atoms with van der Waals surface area (Å²) in [5.41, 5.74) is 3.72. The number of rotatable bonds is 4. The number of nitrogens with one attached hydrogen (secondary N) is 1. The summed E-state index contributed by atoms with van der Waals surface area (Å²) in [5, 5.41) is 6.85. The predicted octanol–water partition coefficient (Wildman–Crippen LogP) is 4.17. The molecule has 2 rings (SSSR count). The Kier molecular flexibility index (Phi) is 4.15. The largest absolute Gasteiger partial charge is 0.302 e. The summed E-state index contributed by atoms with van der Waals surface area (Å²) in [5.74, 6) is 0. The van der Waals surface area contributed by atoms with Crippen molar-refractivity contribution < 1.29 is 0 Å². The molecule has 2 nitrogen and oxygen atoms in total. The third-order valence-corrected chi connectivity index (χ3v) is 4.23. The minimum atomic E-state index is 0.292. The van der Waals surface area contributed by atoms with Crippen LogP contribution in [0.5, 0.6) is 0 Å². The van der Waals surface area contributed by atoms with Crippen molar-refractivity contribution in [3.05, 3.63) is 51.5 Å². The first-order valence-electron chi connectivity index (χ1n) is 6.31. The van der Waals surface area contributed by atoms with Crippen molar-refractivity contribution in [3.63, 3.8) is 0 Å². The first-order chi connectivity index (χ1) is 8.56. The highest BCUT2D eigenvalue weighted by molar-refractivity contribution is 7.09. The van der Waals surface area contributed by atoms with Crippen LogP contribution in [0.4, 0.5) is 0 Å². The molecule has 3 heteroatoms. The molecule has 1 heterocycles. The van der Waals surface area contributed by atoms with Gasteiger partial charge in [-0.25, -0.2) is 4.98 Å². The van der Waals surface area contributed by atoms with Crippen LogP contribution in [0.25, 0.3) is 0 Å². The molecule has 0 amide bonds. The highest BCUT2D eigenvalue weighted by Gasteiger charge is 2.13. The van der Waals surface area contributed by atoms with E-state index in [4.69, 9.17) is 0 Å². The van der Waals surface area contributed by atoms with E-state index in [0.29, 0.717) is 12.1 Å². The predicted molar refractivity (Wildman–Crippen MR) is 78.0 cm³/mol. The maximum atomic E-state index is 4.53. The molecule has 1 N–H and O–H groups in total. The molecule has 18 heavy (non-hydrogen) atoms. The van der Waals surface area contributed by atoms with Crippen molar-refractivity contribution in [3.8, 4) is 0 Å². The lowest BCUT2D eigenvalue weighted by Crippen LogP contribution is -2.22. The lowest BCUT2D eigenvalue weighted by Gasteiger charge is -2.19. The molecular weight excluding hydrogens is 240 g/mol. The summed E-state index contributed by atoms with van der Waals surface area (Å²) >= 11 is 1.72. The molecule has 0 aliphatic rings. The van der Waals surface area contributed by atoms with E-state index >= 15 is 0 Å². The number of benzene rings is 1. The molecule has 2 atom stereocenters. The number of aryl methyl sites for hydroxylation is 2. The van der Waals surface area contributed by atoms with Crippen molar-refractivity contribution in [2.24, 2.45) is 0 Å². The summed E-state index contributed by atoms with van der Waals surface area (Å²) in [6.07, 6.45) is 0. The fraction of sp³-hybridized carbons (Fsp3) is 0.400. The molecule has 0 saturated heterocycles. The van der Waals surface area contributed by atoms with Crippen molar-refractivity contribution >= 4 is 11.3 Å². The zero-order valence-electron chi connectivity index (χ0n) is 11.4. The smallest absolute Gasteiger partial charge is 0.110 e. The lowest BCUT2D eigenvalue weighted by atomic mass is 10.1. The Labute approximate surface area is 113 Å². The zero-order chi connectivity index (χ0) is 13.1. The second kappa shape index (κ2) is 5.63. The highest BCUT2D eigenvalue weighted by atomic mass is 32.1. The van der Waals surface area contributed by atoms with Crippen LogP contribution in [0.2, 0.25) is 0 Å². The van der Waals surface area contributed by atoms with Gasteiger partial charge >= 0.3 is 0 Å². The summed E-state index contributed by atoms with van der Waals surface area (Å²) in [4.78, 5) is 4.53. The van der Waals surface area contributed by atoms with E-state index in [1.807, 2.05) is 6.92 Å². The SMILES string of the molecule is Cc1ccc(C(C)NC(C)c2nc(C)cs2)cc1. The highest BCUT2D eigenvalue weighted by Crippen LogP contribution is 2.22. The van der Waals surface area contributed by atoms with Gasteiger partial charge in [0.05, 0.1) is 6.04 Å². The first kappa shape index (κ1) is 13.2. The molecule has 1 aromatic carbocycles. The van der Waals surface area contributed by atoms with Crippen molar-refractivity contribution in [2.75, 3.05) is 0 Å². The molecule has 2 aromatic rings. The van der Waals surface area contributed by atoms with Crippen LogP contribution in [0.1, 0.15) is 47.8 Å². The molecule has 0 fully saturated rings. The second-order valence-electron chi connectivity index (χ2n) is 4.85. The van der Waals surface area contributed by atoms with Crippen LogP contribution >= 0.6 is 11.3 Å². The fourth-order valence-corrected chi connectivity index (χ4v) is 2.78. The summed E-state index contributed by atoms with van der Waals surface area (Å²) in [7, 11) is 0. The summed E-state index contributed by atoms with van der Waals surface area (Å²) < 4.78 is 0. The second-order valence-corrected chi connectivity index (χ2v) is 5.74. The van der Waals surface area contributed by atoms with Crippen LogP contribution in [0, 0.1) is 13.8 Å². The van der Waals surface area contributed by atoms with E-state index in [9.17, 15) is 0 Å². The van der Waals surface area contributed by atoms with E-state index in [1.54, 1.807) is 11.3 Å². The average molecular weight is 260 g/mol. The number of hydrogen-bond acceptors (Lipinski definition) is 3. The zero-order valence-corrected chi connectivity index (χ0v) is 12.2. The van der Waals surface area contributed by atoms with E-state index in [-0.39, 0.29) is 0 Å². The number of thiazole rings is 1. The minimum Gasteiger partial charge on any atom is -0.302 e. The topological polar surface area (TPSA) is 24.9 Å². The molecule has 0 radical (unpaired) electrons. The standard InChI is InChI=1S/C15H20N2S/c1-10-5-7-14(8-6-10)12(3)17-13(4)15-16-11(2)9-18-15/h5-9,12-13,17H,1-4H3. The molecule has 0 aliphatic carbocycles. The van der Waals surface area contributed by atoms with Gasteiger partial charge in [-0.3, -0.25) is 0 Å². The van der Waals surface area contributed by atoms with Gasteiger partial charge in [-0.1, -0.05) is 29.8 Å². The molecular formula is C15H20N2S. The third-order valence-electron chi connectivity index (χ3n) is 3.08. The summed E-state index contributed by atoms with van der Waals surface area (Å²) in [6, 6.07) is 9.32. The van der Waals surface area contributed by atoms with Gasteiger partial charge in [0.25, 0.3) is 0 Å². The Hall–Kier alpha value is -1.19. The van der Waals surface area contributed by atoms with Crippen LogP contribution in [0.15, 0.2) is 29.6 Å². The molecule has 2 unspecified atom stereocenters. The van der Waals surface area contributed by atoms with Gasteiger partial charge in [-0.05, 0) is 33.3 Å². The van der Waals surface area contributed by atoms with Gasteiger partial charge in [0.1, 0.15) is 5.01 Å². The number of hydrogen-bond donors (Lipinski definition) is 1.